The second-order valence-corrected chi connectivity index (χ2v) is 6.51. The van der Waals surface area contributed by atoms with Gasteiger partial charge >= 0.3 is 5.97 Å². The van der Waals surface area contributed by atoms with Crippen molar-refractivity contribution in [3.63, 3.8) is 0 Å². The highest BCUT2D eigenvalue weighted by molar-refractivity contribution is 7.10. The van der Waals surface area contributed by atoms with Crippen molar-refractivity contribution < 1.29 is 9.90 Å². The minimum Gasteiger partial charge on any atom is -0.478 e. The average Bonchev–Trinajstić information content (AvgIpc) is 3.19. The van der Waals surface area contributed by atoms with Crippen molar-refractivity contribution in [2.24, 2.45) is 0 Å². The Hall–Kier alpha value is -1.17. The molecule has 2 fully saturated rings. The first-order chi connectivity index (χ1) is 9.72. The molecule has 3 rings (SSSR count). The van der Waals surface area contributed by atoms with Gasteiger partial charge in [0.15, 0.2) is 0 Å². The number of carboxylic acid groups (broad SMARTS) is 1. The first-order valence-corrected chi connectivity index (χ1v) is 8.04. The van der Waals surface area contributed by atoms with Crippen molar-refractivity contribution in [2.75, 3.05) is 26.2 Å². The highest BCUT2D eigenvalue weighted by Gasteiger charge is 2.31. The van der Waals surface area contributed by atoms with E-state index in [0.29, 0.717) is 0 Å². The maximum atomic E-state index is 10.6. The Balaban J connectivity index is 1.55. The monoisotopic (exact) mass is 292 g/mol. The van der Waals surface area contributed by atoms with Crippen LogP contribution >= 0.6 is 11.3 Å². The Kier molecular flexibility index (Phi) is 4.19. The number of hydrogen-bond acceptors (Lipinski definition) is 4. The molecular weight excluding hydrogens is 272 g/mol. The van der Waals surface area contributed by atoms with Gasteiger partial charge in [-0.05, 0) is 35.9 Å². The minimum atomic E-state index is -0.889. The van der Waals surface area contributed by atoms with Gasteiger partial charge in [-0.15, -0.1) is 11.3 Å². The predicted molar refractivity (Wildman–Crippen MR) is 80.9 cm³/mol. The van der Waals surface area contributed by atoms with E-state index in [4.69, 9.17) is 5.11 Å². The summed E-state index contributed by atoms with van der Waals surface area (Å²) >= 11 is 1.71. The Morgan fingerprint density at radius 2 is 2.10 bits per heavy atom. The van der Waals surface area contributed by atoms with Crippen LogP contribution in [0.5, 0.6) is 0 Å². The molecule has 1 saturated heterocycles. The van der Waals surface area contributed by atoms with Gasteiger partial charge in [0.05, 0.1) is 0 Å². The molecule has 2 aliphatic rings. The summed E-state index contributed by atoms with van der Waals surface area (Å²) in [5, 5.41) is 10.8. The van der Waals surface area contributed by atoms with Crippen molar-refractivity contribution in [1.82, 2.24) is 9.80 Å². The van der Waals surface area contributed by atoms with E-state index in [2.05, 4.69) is 9.80 Å². The van der Waals surface area contributed by atoms with Crippen molar-refractivity contribution in [3.8, 4) is 0 Å². The van der Waals surface area contributed by atoms with E-state index < -0.39 is 5.97 Å². The smallest absolute Gasteiger partial charge is 0.328 e. The topological polar surface area (TPSA) is 43.8 Å². The summed E-state index contributed by atoms with van der Waals surface area (Å²) in [6.07, 6.45) is 5.69. The average molecular weight is 292 g/mol. The molecule has 0 amide bonds. The second-order valence-electron chi connectivity index (χ2n) is 5.51. The van der Waals surface area contributed by atoms with Gasteiger partial charge < -0.3 is 5.11 Å². The zero-order valence-corrected chi connectivity index (χ0v) is 12.3. The maximum Gasteiger partial charge on any atom is 0.328 e. The summed E-state index contributed by atoms with van der Waals surface area (Å²) in [6.45, 7) is 5.54. The zero-order chi connectivity index (χ0) is 13.9. The molecular formula is C15H20N2O2S. The molecule has 0 unspecified atom stereocenters. The molecule has 20 heavy (non-hydrogen) atoms. The van der Waals surface area contributed by atoms with Crippen LogP contribution in [0.25, 0.3) is 6.08 Å². The summed E-state index contributed by atoms with van der Waals surface area (Å²) in [4.78, 5) is 17.0. The molecule has 1 aromatic heterocycles. The zero-order valence-electron chi connectivity index (χ0n) is 11.5. The summed E-state index contributed by atoms with van der Waals surface area (Å²) in [6, 6.07) is 2.87. The molecule has 0 spiro atoms. The van der Waals surface area contributed by atoms with Crippen LogP contribution in [0.2, 0.25) is 0 Å². The predicted octanol–water partition coefficient (Wildman–Crippen LogP) is 2.13. The number of aliphatic carboxylic acids is 1. The molecule has 5 heteroatoms. The molecule has 4 nitrogen and oxygen atoms in total. The van der Waals surface area contributed by atoms with Crippen molar-refractivity contribution in [3.05, 3.63) is 28.0 Å². The molecule has 1 aliphatic carbocycles. The van der Waals surface area contributed by atoms with Crippen LogP contribution in [0.3, 0.4) is 0 Å². The highest BCUT2D eigenvalue weighted by Crippen LogP contribution is 2.28. The number of rotatable bonds is 5. The fourth-order valence-electron chi connectivity index (χ4n) is 2.72. The fraction of sp³-hybridized carbons (Fsp3) is 0.533. The van der Waals surface area contributed by atoms with Gasteiger partial charge in [-0.25, -0.2) is 4.79 Å². The van der Waals surface area contributed by atoms with Gasteiger partial charge in [0.1, 0.15) is 0 Å². The van der Waals surface area contributed by atoms with Gasteiger partial charge in [0.25, 0.3) is 0 Å². The molecule has 108 valence electrons. The quantitative estimate of drug-likeness (QED) is 0.844. The van der Waals surface area contributed by atoms with Crippen molar-refractivity contribution in [2.45, 2.75) is 25.4 Å². The SMILES string of the molecule is O=C(O)C=Cc1ccsc1CN1CCN(C2CC2)CC1. The van der Waals surface area contributed by atoms with Crippen molar-refractivity contribution >= 4 is 23.4 Å². The van der Waals surface area contributed by atoms with Crippen molar-refractivity contribution in [1.29, 1.82) is 0 Å². The molecule has 2 heterocycles. The molecule has 1 N–H and O–H groups in total. The summed E-state index contributed by atoms with van der Waals surface area (Å²) in [5.41, 5.74) is 1.04. The van der Waals surface area contributed by atoms with Gasteiger partial charge in [0, 0.05) is 49.7 Å². The first kappa shape index (κ1) is 13.8. The lowest BCUT2D eigenvalue weighted by molar-refractivity contribution is -0.131. The third-order valence-corrected chi connectivity index (χ3v) is 4.94. The Morgan fingerprint density at radius 3 is 2.75 bits per heavy atom. The van der Waals surface area contributed by atoms with Crippen LogP contribution in [0.15, 0.2) is 17.5 Å². The van der Waals surface area contributed by atoms with E-state index in [0.717, 1.165) is 31.2 Å². The lowest BCUT2D eigenvalue weighted by atomic mass is 10.2. The van der Waals surface area contributed by atoms with Crippen LogP contribution in [0, 0.1) is 0 Å². The van der Waals surface area contributed by atoms with Gasteiger partial charge in [0.2, 0.25) is 0 Å². The van der Waals surface area contributed by atoms with E-state index in [-0.39, 0.29) is 0 Å². The molecule has 0 radical (unpaired) electrons. The van der Waals surface area contributed by atoms with Crippen LogP contribution in [-0.2, 0) is 11.3 Å². The van der Waals surface area contributed by atoms with E-state index in [1.807, 2.05) is 11.4 Å². The van der Waals surface area contributed by atoms with Crippen LogP contribution in [0.4, 0.5) is 0 Å². The molecule has 0 atom stereocenters. The van der Waals surface area contributed by atoms with Crippen LogP contribution in [-0.4, -0.2) is 53.1 Å². The highest BCUT2D eigenvalue weighted by atomic mass is 32.1. The van der Waals surface area contributed by atoms with E-state index in [1.165, 1.54) is 36.9 Å². The van der Waals surface area contributed by atoms with Gasteiger partial charge in [-0.2, -0.15) is 0 Å². The number of thiophene rings is 1. The number of carboxylic acids is 1. The van der Waals surface area contributed by atoms with Crippen LogP contribution < -0.4 is 0 Å². The lowest BCUT2D eigenvalue weighted by Gasteiger charge is -2.34. The van der Waals surface area contributed by atoms with Crippen LogP contribution in [0.1, 0.15) is 23.3 Å². The standard InChI is InChI=1S/C15H20N2O2S/c18-15(19)4-1-12-5-10-20-14(12)11-16-6-8-17(9-7-16)13-2-3-13/h1,4-5,10,13H,2-3,6-9,11H2,(H,18,19). The van der Waals surface area contributed by atoms with E-state index >= 15 is 0 Å². The third kappa shape index (κ3) is 3.48. The molecule has 1 aliphatic heterocycles. The fourth-order valence-corrected chi connectivity index (χ4v) is 3.63. The van der Waals surface area contributed by atoms with E-state index in [9.17, 15) is 4.79 Å². The Morgan fingerprint density at radius 1 is 1.35 bits per heavy atom. The first-order valence-electron chi connectivity index (χ1n) is 7.16. The minimum absolute atomic E-state index is 0.868. The molecule has 1 aromatic rings. The Labute approximate surface area is 123 Å². The molecule has 1 saturated carbocycles. The number of carbonyl (C=O) groups is 1. The van der Waals surface area contributed by atoms with E-state index in [1.54, 1.807) is 17.4 Å². The largest absolute Gasteiger partial charge is 0.478 e. The molecule has 0 aromatic carbocycles. The molecule has 0 bridgehead atoms. The number of piperazine rings is 1. The lowest BCUT2D eigenvalue weighted by Crippen LogP contribution is -2.46. The second kappa shape index (κ2) is 6.08. The van der Waals surface area contributed by atoms with Gasteiger partial charge in [-0.3, -0.25) is 9.80 Å². The summed E-state index contributed by atoms with van der Waals surface area (Å²) in [5.74, 6) is -0.889. The third-order valence-electron chi connectivity index (χ3n) is 4.02. The summed E-state index contributed by atoms with van der Waals surface area (Å²) in [7, 11) is 0. The van der Waals surface area contributed by atoms with Gasteiger partial charge in [-0.1, -0.05) is 0 Å². The maximum absolute atomic E-state index is 10.6. The summed E-state index contributed by atoms with van der Waals surface area (Å²) < 4.78 is 0. The number of hydrogen-bond donors (Lipinski definition) is 1. The normalized spacial score (nSPS) is 21.6. The Bertz CT molecular complexity index is 500. The number of nitrogens with zero attached hydrogens (tertiary/aromatic N) is 2.